The molecule has 9 heteroatoms. The number of unbranched alkanes of at least 4 members (excludes halogenated alkanes) is 1. The molecule has 0 spiro atoms. The molecule has 0 bridgehead atoms. The minimum Gasteiger partial charge on any atom is -0.303 e. The van der Waals surface area contributed by atoms with Gasteiger partial charge in [-0.15, -0.1) is 0 Å². The fraction of sp³-hybridized carbons (Fsp3) is 0.294. The van der Waals surface area contributed by atoms with Crippen molar-refractivity contribution in [3.63, 3.8) is 0 Å². The first-order valence-corrected chi connectivity index (χ1v) is 8.63. The Labute approximate surface area is 154 Å². The van der Waals surface area contributed by atoms with E-state index < -0.39 is 11.2 Å². The van der Waals surface area contributed by atoms with E-state index in [1.165, 1.54) is 4.57 Å². The lowest BCUT2D eigenvalue weighted by atomic mass is 10.2. The largest absolute Gasteiger partial charge is 0.329 e. The summed E-state index contributed by atoms with van der Waals surface area (Å²) in [6.07, 6.45) is 3.45. The number of rotatable bonds is 6. The molecule has 0 saturated heterocycles. The maximum atomic E-state index is 12.3. The fourth-order valence-electron chi connectivity index (χ4n) is 2.57. The lowest BCUT2D eigenvalue weighted by Gasteiger charge is -2.06. The summed E-state index contributed by atoms with van der Waals surface area (Å²) in [5.74, 6) is 0.408. The number of H-pyrrole nitrogens is 1. The van der Waals surface area contributed by atoms with E-state index in [1.54, 1.807) is 30.0 Å². The summed E-state index contributed by atoms with van der Waals surface area (Å²) in [5.41, 5.74) is 3.45. The molecule has 1 aromatic carbocycles. The average Bonchev–Trinajstić information content (AvgIpc) is 2.99. The predicted octanol–water partition coefficient (Wildman–Crippen LogP) is 2.32. The SMILES string of the molecule is CCCCn1c(N/N=C\c2ccc(Cl)cc2)nc2c1c(=O)[nH]c(=O)n2C. The fourth-order valence-corrected chi connectivity index (χ4v) is 2.69. The zero-order valence-electron chi connectivity index (χ0n) is 14.5. The molecule has 8 nitrogen and oxygen atoms in total. The molecule has 3 rings (SSSR count). The third-order valence-corrected chi connectivity index (χ3v) is 4.24. The van der Waals surface area contributed by atoms with E-state index in [0.717, 1.165) is 18.4 Å². The summed E-state index contributed by atoms with van der Waals surface area (Å²) in [5, 5.41) is 4.84. The monoisotopic (exact) mass is 374 g/mol. The molecule has 0 fully saturated rings. The average molecular weight is 375 g/mol. The number of imidazole rings is 1. The van der Waals surface area contributed by atoms with Gasteiger partial charge in [0.15, 0.2) is 11.2 Å². The Bertz CT molecular complexity index is 1060. The summed E-state index contributed by atoms with van der Waals surface area (Å²) in [6, 6.07) is 7.22. The van der Waals surface area contributed by atoms with Crippen LogP contribution in [0.3, 0.4) is 0 Å². The number of hydrazone groups is 1. The number of halogens is 1. The Morgan fingerprint density at radius 2 is 2.04 bits per heavy atom. The number of aryl methyl sites for hydroxylation is 2. The lowest BCUT2D eigenvalue weighted by Crippen LogP contribution is -2.29. The number of hydrogen-bond donors (Lipinski definition) is 2. The van der Waals surface area contributed by atoms with Crippen LogP contribution in [0.5, 0.6) is 0 Å². The Morgan fingerprint density at radius 1 is 1.31 bits per heavy atom. The van der Waals surface area contributed by atoms with Gasteiger partial charge in [0.1, 0.15) is 0 Å². The highest BCUT2D eigenvalue weighted by Gasteiger charge is 2.16. The van der Waals surface area contributed by atoms with Gasteiger partial charge in [-0.05, 0) is 24.1 Å². The van der Waals surface area contributed by atoms with Gasteiger partial charge in [0, 0.05) is 18.6 Å². The second kappa shape index (κ2) is 7.57. The second-order valence-corrected chi connectivity index (χ2v) is 6.29. The van der Waals surface area contributed by atoms with Gasteiger partial charge in [-0.2, -0.15) is 10.1 Å². The molecule has 136 valence electrons. The van der Waals surface area contributed by atoms with Crippen molar-refractivity contribution in [3.8, 4) is 0 Å². The third-order valence-electron chi connectivity index (χ3n) is 3.99. The van der Waals surface area contributed by atoms with E-state index in [-0.39, 0.29) is 0 Å². The number of nitrogens with one attached hydrogen (secondary N) is 2. The highest BCUT2D eigenvalue weighted by Crippen LogP contribution is 2.16. The lowest BCUT2D eigenvalue weighted by molar-refractivity contribution is 0.647. The second-order valence-electron chi connectivity index (χ2n) is 5.85. The van der Waals surface area contributed by atoms with Gasteiger partial charge in [-0.25, -0.2) is 10.2 Å². The molecule has 2 aromatic heterocycles. The normalized spacial score (nSPS) is 11.5. The first-order valence-electron chi connectivity index (χ1n) is 8.25. The Balaban J connectivity index is 1.99. The topological polar surface area (TPSA) is 97.1 Å². The van der Waals surface area contributed by atoms with Crippen molar-refractivity contribution in [1.29, 1.82) is 0 Å². The van der Waals surface area contributed by atoms with E-state index in [9.17, 15) is 9.59 Å². The van der Waals surface area contributed by atoms with Crippen molar-refractivity contribution in [3.05, 3.63) is 55.7 Å². The molecule has 26 heavy (non-hydrogen) atoms. The van der Waals surface area contributed by atoms with E-state index >= 15 is 0 Å². The van der Waals surface area contributed by atoms with Crippen molar-refractivity contribution < 1.29 is 0 Å². The highest BCUT2D eigenvalue weighted by atomic mass is 35.5. The van der Waals surface area contributed by atoms with Gasteiger partial charge >= 0.3 is 5.69 Å². The van der Waals surface area contributed by atoms with Crippen LogP contribution in [0.4, 0.5) is 5.95 Å². The summed E-state index contributed by atoms with van der Waals surface area (Å²) >= 11 is 5.86. The van der Waals surface area contributed by atoms with Crippen LogP contribution in [0.15, 0.2) is 39.0 Å². The number of benzene rings is 1. The summed E-state index contributed by atoms with van der Waals surface area (Å²) in [4.78, 5) is 30.8. The predicted molar refractivity (Wildman–Crippen MR) is 103 cm³/mol. The standard InChI is InChI=1S/C17H19ClN6O2/c1-3-4-9-24-13-14(23(2)17(26)21-15(13)25)20-16(24)22-19-10-11-5-7-12(18)8-6-11/h5-8,10H,3-4,9H2,1-2H3,(H,20,22)(H,21,25,26)/b19-10-. The van der Waals surface area contributed by atoms with Gasteiger partial charge in [0.2, 0.25) is 5.95 Å². The molecule has 2 heterocycles. The molecule has 0 unspecified atom stereocenters. The Hall–Kier alpha value is -2.87. The van der Waals surface area contributed by atoms with Gasteiger partial charge in [0.25, 0.3) is 5.56 Å². The zero-order chi connectivity index (χ0) is 18.7. The Morgan fingerprint density at radius 3 is 2.73 bits per heavy atom. The van der Waals surface area contributed by atoms with Crippen molar-refractivity contribution in [2.75, 3.05) is 5.43 Å². The molecule has 0 aliphatic carbocycles. The van der Waals surface area contributed by atoms with Crippen molar-refractivity contribution in [2.45, 2.75) is 26.3 Å². The smallest absolute Gasteiger partial charge is 0.303 e. The molecule has 0 amide bonds. The van der Waals surface area contributed by atoms with E-state index in [0.29, 0.717) is 28.7 Å². The van der Waals surface area contributed by atoms with E-state index in [2.05, 4.69) is 27.4 Å². The number of anilines is 1. The van der Waals surface area contributed by atoms with Crippen LogP contribution in [0.1, 0.15) is 25.3 Å². The molecule has 2 N–H and O–H groups in total. The maximum Gasteiger partial charge on any atom is 0.329 e. The number of aromatic amines is 1. The molecule has 0 aliphatic rings. The minimum atomic E-state index is -0.501. The molecule has 0 radical (unpaired) electrons. The summed E-state index contributed by atoms with van der Waals surface area (Å²) < 4.78 is 3.06. The first kappa shape index (κ1) is 17.9. The van der Waals surface area contributed by atoms with Gasteiger partial charge in [-0.3, -0.25) is 14.3 Å². The van der Waals surface area contributed by atoms with Crippen LogP contribution in [0, 0.1) is 0 Å². The first-order chi connectivity index (χ1) is 12.5. The number of fused-ring (bicyclic) bond motifs is 1. The van der Waals surface area contributed by atoms with Crippen molar-refractivity contribution in [2.24, 2.45) is 12.1 Å². The van der Waals surface area contributed by atoms with Crippen molar-refractivity contribution >= 4 is 34.9 Å². The molecule has 0 atom stereocenters. The minimum absolute atomic E-state index is 0.319. The van der Waals surface area contributed by atoms with E-state index in [1.807, 2.05) is 12.1 Å². The van der Waals surface area contributed by atoms with Gasteiger partial charge < -0.3 is 4.57 Å². The molecule has 3 aromatic rings. The van der Waals surface area contributed by atoms with Gasteiger partial charge in [-0.1, -0.05) is 37.1 Å². The number of aromatic nitrogens is 4. The van der Waals surface area contributed by atoms with E-state index in [4.69, 9.17) is 11.6 Å². The van der Waals surface area contributed by atoms with Crippen molar-refractivity contribution in [1.82, 2.24) is 19.1 Å². The number of hydrogen-bond acceptors (Lipinski definition) is 5. The van der Waals surface area contributed by atoms with Gasteiger partial charge in [0.05, 0.1) is 6.21 Å². The van der Waals surface area contributed by atoms with Crippen LogP contribution in [0.25, 0.3) is 11.2 Å². The molecule has 0 aliphatic heterocycles. The third kappa shape index (κ3) is 3.55. The zero-order valence-corrected chi connectivity index (χ0v) is 15.2. The van der Waals surface area contributed by atoms with Crippen LogP contribution in [0.2, 0.25) is 5.02 Å². The maximum absolute atomic E-state index is 12.3. The van der Waals surface area contributed by atoms with Crippen LogP contribution < -0.4 is 16.7 Å². The quantitative estimate of drug-likeness (QED) is 0.511. The summed E-state index contributed by atoms with van der Waals surface area (Å²) in [6.45, 7) is 2.65. The molecular weight excluding hydrogens is 356 g/mol. The molecule has 0 saturated carbocycles. The Kier molecular flexibility index (Phi) is 5.22. The van der Waals surface area contributed by atoms with Crippen LogP contribution in [-0.4, -0.2) is 25.3 Å². The van der Waals surface area contributed by atoms with Crippen LogP contribution in [-0.2, 0) is 13.6 Å². The van der Waals surface area contributed by atoms with Crippen LogP contribution >= 0.6 is 11.6 Å². The number of nitrogens with zero attached hydrogens (tertiary/aromatic N) is 4. The molecular formula is C17H19ClN6O2. The summed E-state index contributed by atoms with van der Waals surface area (Å²) in [7, 11) is 1.57. The highest BCUT2D eigenvalue weighted by molar-refractivity contribution is 6.30.